The molecule has 1 aromatic heterocycles. The number of nitriles is 1. The molecule has 0 amide bonds. The van der Waals surface area contributed by atoms with Crippen LogP contribution in [0.4, 0.5) is 9.39 Å². The van der Waals surface area contributed by atoms with Gasteiger partial charge in [-0.05, 0) is 18.4 Å². The van der Waals surface area contributed by atoms with Crippen molar-refractivity contribution in [1.82, 2.24) is 0 Å². The molecule has 0 radical (unpaired) electrons. The van der Waals surface area contributed by atoms with Crippen molar-refractivity contribution in [2.24, 2.45) is 0 Å². The molecule has 2 rings (SSSR count). The predicted molar refractivity (Wildman–Crippen MR) is 62.7 cm³/mol. The molecule has 0 atom stereocenters. The van der Waals surface area contributed by atoms with E-state index in [1.807, 2.05) is 6.07 Å². The number of fused-ring (bicyclic) bond motifs is 1. The van der Waals surface area contributed by atoms with Gasteiger partial charge in [-0.3, -0.25) is 0 Å². The molecule has 1 aromatic carbocycles. The first kappa shape index (κ1) is 10.3. The molecular weight excluding hydrogens is 231 g/mol. The lowest BCUT2D eigenvalue weighted by Gasteiger charge is -2.01. The second-order valence-corrected chi connectivity index (χ2v) is 4.81. The summed E-state index contributed by atoms with van der Waals surface area (Å²) in [5, 5.41) is 10.1. The number of rotatable bonds is 1. The number of thiophene rings is 1. The average Bonchev–Trinajstić information content (AvgIpc) is 2.54. The van der Waals surface area contributed by atoms with Gasteiger partial charge >= 0.3 is 0 Å². The number of hydrogen-bond donors (Lipinski definition) is 1. The fourth-order valence-corrected chi connectivity index (χ4v) is 3.14. The lowest BCUT2D eigenvalue weighted by Crippen LogP contribution is -1.85. The summed E-state index contributed by atoms with van der Waals surface area (Å²) in [4.78, 5) is 0.497. The van der Waals surface area contributed by atoms with Crippen LogP contribution >= 0.6 is 23.1 Å². The first-order valence-corrected chi connectivity index (χ1v) is 6.17. The van der Waals surface area contributed by atoms with Crippen LogP contribution < -0.4 is 5.73 Å². The summed E-state index contributed by atoms with van der Waals surface area (Å²) in [5.41, 5.74) is 6.09. The van der Waals surface area contributed by atoms with E-state index in [0.29, 0.717) is 20.8 Å². The second-order valence-electron chi connectivity index (χ2n) is 2.91. The van der Waals surface area contributed by atoms with E-state index >= 15 is 0 Å². The fourth-order valence-electron chi connectivity index (χ4n) is 1.46. The molecule has 0 spiro atoms. The fraction of sp³-hybridized carbons (Fsp3) is 0.100. The maximum atomic E-state index is 13.5. The molecule has 0 fully saturated rings. The predicted octanol–water partition coefficient (Wildman–Crippen LogP) is 3.22. The molecular formula is C10H7FN2S2. The van der Waals surface area contributed by atoms with Crippen LogP contribution in [0.15, 0.2) is 17.0 Å². The van der Waals surface area contributed by atoms with Gasteiger partial charge < -0.3 is 5.73 Å². The van der Waals surface area contributed by atoms with Gasteiger partial charge in [0.2, 0.25) is 0 Å². The van der Waals surface area contributed by atoms with Crippen LogP contribution in [-0.2, 0) is 0 Å². The van der Waals surface area contributed by atoms with Gasteiger partial charge in [0.25, 0.3) is 0 Å². The monoisotopic (exact) mass is 238 g/mol. The number of nitrogens with zero attached hydrogens (tertiary/aromatic N) is 1. The second kappa shape index (κ2) is 3.72. The number of nitrogen functional groups attached to an aromatic ring is 1. The minimum absolute atomic E-state index is 0.302. The lowest BCUT2D eigenvalue weighted by molar-refractivity contribution is 0.606. The van der Waals surface area contributed by atoms with E-state index in [0.717, 1.165) is 4.70 Å². The van der Waals surface area contributed by atoms with Crippen molar-refractivity contribution in [3.63, 3.8) is 0 Å². The Labute approximate surface area is 94.5 Å². The Hall–Kier alpha value is -1.25. The smallest absolute Gasteiger partial charge is 0.137 e. The third-order valence-corrected chi connectivity index (χ3v) is 3.90. The lowest BCUT2D eigenvalue weighted by atomic mass is 10.2. The molecule has 0 aliphatic carbocycles. The van der Waals surface area contributed by atoms with Crippen molar-refractivity contribution in [2.75, 3.05) is 12.0 Å². The quantitative estimate of drug-likeness (QED) is 0.776. The topological polar surface area (TPSA) is 49.8 Å². The highest BCUT2D eigenvalue weighted by Gasteiger charge is 2.15. The van der Waals surface area contributed by atoms with Crippen molar-refractivity contribution in [2.45, 2.75) is 4.90 Å². The van der Waals surface area contributed by atoms with E-state index in [1.54, 1.807) is 12.3 Å². The Morgan fingerprint density at radius 1 is 1.53 bits per heavy atom. The molecule has 5 heteroatoms. The number of nitrogens with two attached hydrogens (primary N) is 1. The summed E-state index contributed by atoms with van der Waals surface area (Å²) in [7, 11) is 0. The Bertz CT molecular complexity index is 569. The molecule has 2 nitrogen and oxygen atoms in total. The molecule has 0 aliphatic heterocycles. The number of halogens is 1. The molecule has 0 unspecified atom stereocenters. The van der Waals surface area contributed by atoms with E-state index in [1.165, 1.54) is 29.2 Å². The van der Waals surface area contributed by atoms with E-state index in [2.05, 4.69) is 0 Å². The SMILES string of the molecule is CSc1c(F)ccc2sc(N)c(C#N)c12. The number of anilines is 1. The summed E-state index contributed by atoms with van der Waals surface area (Å²) >= 11 is 2.61. The van der Waals surface area contributed by atoms with Gasteiger partial charge in [-0.15, -0.1) is 23.1 Å². The summed E-state index contributed by atoms with van der Waals surface area (Å²) in [6, 6.07) is 5.09. The molecule has 0 saturated heterocycles. The van der Waals surface area contributed by atoms with Crippen LogP contribution in [0.1, 0.15) is 5.56 Å². The van der Waals surface area contributed by atoms with Crippen molar-refractivity contribution in [3.05, 3.63) is 23.5 Å². The van der Waals surface area contributed by atoms with Gasteiger partial charge in [0.15, 0.2) is 0 Å². The molecule has 2 N–H and O–H groups in total. The average molecular weight is 238 g/mol. The van der Waals surface area contributed by atoms with Gasteiger partial charge in [0.1, 0.15) is 16.9 Å². The first-order valence-electron chi connectivity index (χ1n) is 4.13. The highest BCUT2D eigenvalue weighted by atomic mass is 32.2. The van der Waals surface area contributed by atoms with Crippen molar-refractivity contribution in [3.8, 4) is 6.07 Å². The van der Waals surface area contributed by atoms with Crippen molar-refractivity contribution in [1.29, 1.82) is 5.26 Å². The van der Waals surface area contributed by atoms with Crippen LogP contribution in [0.5, 0.6) is 0 Å². The highest BCUT2D eigenvalue weighted by Crippen LogP contribution is 2.39. The Morgan fingerprint density at radius 2 is 2.27 bits per heavy atom. The summed E-state index contributed by atoms with van der Waals surface area (Å²) in [6.45, 7) is 0. The van der Waals surface area contributed by atoms with Gasteiger partial charge in [0.05, 0.1) is 10.5 Å². The molecule has 0 saturated carbocycles. The number of benzene rings is 1. The standard InChI is InChI=1S/C10H7FN2S2/c1-14-9-6(11)2-3-7-8(9)5(4-12)10(13)15-7/h2-3H,13H2,1H3. The Kier molecular flexibility index (Phi) is 2.55. The molecule has 0 bridgehead atoms. The zero-order valence-electron chi connectivity index (χ0n) is 7.87. The number of thioether (sulfide) groups is 1. The largest absolute Gasteiger partial charge is 0.389 e. The van der Waals surface area contributed by atoms with Crippen molar-refractivity contribution < 1.29 is 4.39 Å². The molecule has 15 heavy (non-hydrogen) atoms. The third-order valence-electron chi connectivity index (χ3n) is 2.10. The summed E-state index contributed by atoms with van der Waals surface area (Å²) in [5.74, 6) is -0.302. The van der Waals surface area contributed by atoms with E-state index in [4.69, 9.17) is 11.0 Å². The normalized spacial score (nSPS) is 10.5. The Morgan fingerprint density at radius 3 is 2.87 bits per heavy atom. The summed E-state index contributed by atoms with van der Waals surface area (Å²) < 4.78 is 14.3. The Balaban J connectivity index is 2.96. The zero-order valence-corrected chi connectivity index (χ0v) is 9.51. The molecule has 2 aromatic rings. The van der Waals surface area contributed by atoms with Gasteiger partial charge in [-0.25, -0.2) is 4.39 Å². The molecule has 0 aliphatic rings. The van der Waals surface area contributed by atoms with Crippen LogP contribution in [0.2, 0.25) is 0 Å². The van der Waals surface area contributed by atoms with Crippen LogP contribution in [0, 0.1) is 17.1 Å². The minimum Gasteiger partial charge on any atom is -0.389 e. The number of hydrogen-bond acceptors (Lipinski definition) is 4. The van der Waals surface area contributed by atoms with Gasteiger partial charge in [-0.2, -0.15) is 5.26 Å². The molecule has 76 valence electrons. The van der Waals surface area contributed by atoms with E-state index < -0.39 is 0 Å². The van der Waals surface area contributed by atoms with E-state index in [9.17, 15) is 4.39 Å². The maximum Gasteiger partial charge on any atom is 0.137 e. The summed E-state index contributed by atoms with van der Waals surface area (Å²) in [6.07, 6.45) is 1.78. The zero-order chi connectivity index (χ0) is 11.0. The van der Waals surface area contributed by atoms with Crippen LogP contribution in [0.25, 0.3) is 10.1 Å². The van der Waals surface area contributed by atoms with Gasteiger partial charge in [0, 0.05) is 10.1 Å². The first-order chi connectivity index (χ1) is 7.19. The minimum atomic E-state index is -0.302. The van der Waals surface area contributed by atoms with E-state index in [-0.39, 0.29) is 5.82 Å². The highest BCUT2D eigenvalue weighted by molar-refractivity contribution is 7.98. The third kappa shape index (κ3) is 1.46. The molecule has 1 heterocycles. The maximum absolute atomic E-state index is 13.5. The van der Waals surface area contributed by atoms with Gasteiger partial charge in [-0.1, -0.05) is 0 Å². The van der Waals surface area contributed by atoms with Crippen molar-refractivity contribution >= 4 is 38.2 Å². The van der Waals surface area contributed by atoms with Crippen LogP contribution in [-0.4, -0.2) is 6.26 Å². The van der Waals surface area contributed by atoms with Crippen LogP contribution in [0.3, 0.4) is 0 Å².